The highest BCUT2D eigenvalue weighted by molar-refractivity contribution is 6.17. The Morgan fingerprint density at radius 3 is 3.00 bits per heavy atom. The van der Waals surface area contributed by atoms with E-state index in [0.717, 1.165) is 0 Å². The van der Waals surface area contributed by atoms with E-state index in [2.05, 4.69) is 10.1 Å². The summed E-state index contributed by atoms with van der Waals surface area (Å²) in [6, 6.07) is 6.21. The zero-order valence-corrected chi connectivity index (χ0v) is 9.54. The number of halogens is 1. The molecule has 0 amide bonds. The zero-order valence-electron chi connectivity index (χ0n) is 8.78. The minimum atomic E-state index is -0.445. The van der Waals surface area contributed by atoms with Crippen molar-refractivity contribution in [2.45, 2.75) is 6.54 Å². The lowest BCUT2D eigenvalue weighted by Gasteiger charge is -1.96. The van der Waals surface area contributed by atoms with Gasteiger partial charge in [0.25, 0.3) is 5.69 Å². The number of benzene rings is 1. The van der Waals surface area contributed by atoms with Crippen LogP contribution in [-0.2, 0) is 6.54 Å². The summed E-state index contributed by atoms with van der Waals surface area (Å²) in [6.45, 7) is 0.559. The maximum absolute atomic E-state index is 10.6. The van der Waals surface area contributed by atoms with Crippen LogP contribution in [0.25, 0.3) is 11.4 Å². The number of nitrogens with zero attached hydrogens (tertiary/aromatic N) is 4. The number of rotatable bonds is 4. The molecule has 0 saturated carbocycles. The first-order valence-electron chi connectivity index (χ1n) is 4.91. The van der Waals surface area contributed by atoms with Crippen molar-refractivity contribution in [3.05, 3.63) is 40.7 Å². The van der Waals surface area contributed by atoms with Crippen molar-refractivity contribution in [1.29, 1.82) is 0 Å². The van der Waals surface area contributed by atoms with Crippen molar-refractivity contribution in [3.8, 4) is 11.4 Å². The number of non-ortho nitro benzene ring substituents is 1. The Morgan fingerprint density at radius 2 is 2.29 bits per heavy atom. The van der Waals surface area contributed by atoms with Gasteiger partial charge in [0.15, 0.2) is 5.82 Å². The van der Waals surface area contributed by atoms with E-state index in [1.165, 1.54) is 12.1 Å². The normalized spacial score (nSPS) is 10.4. The first-order chi connectivity index (χ1) is 8.20. The van der Waals surface area contributed by atoms with Crippen molar-refractivity contribution in [2.75, 3.05) is 5.88 Å². The molecule has 0 fully saturated rings. The Bertz CT molecular complexity index is 541. The Balaban J connectivity index is 2.32. The fourth-order valence-corrected chi connectivity index (χ4v) is 1.55. The van der Waals surface area contributed by atoms with E-state index in [-0.39, 0.29) is 5.69 Å². The fraction of sp³-hybridized carbons (Fsp3) is 0.200. The lowest BCUT2D eigenvalue weighted by Crippen LogP contribution is -1.99. The molecule has 0 N–H and O–H groups in total. The largest absolute Gasteiger partial charge is 0.270 e. The molecule has 1 aromatic carbocycles. The van der Waals surface area contributed by atoms with Gasteiger partial charge in [-0.25, -0.2) is 4.98 Å². The molecule has 0 unspecified atom stereocenters. The van der Waals surface area contributed by atoms with E-state index in [1.54, 1.807) is 23.1 Å². The molecule has 0 aliphatic heterocycles. The highest BCUT2D eigenvalue weighted by atomic mass is 35.5. The SMILES string of the molecule is O=[N+]([O-])c1cccc(-c2ncn(CCCl)n2)c1. The number of aromatic nitrogens is 3. The third kappa shape index (κ3) is 2.59. The van der Waals surface area contributed by atoms with E-state index < -0.39 is 4.92 Å². The summed E-state index contributed by atoms with van der Waals surface area (Å²) < 4.78 is 1.60. The van der Waals surface area contributed by atoms with Gasteiger partial charge in [-0.15, -0.1) is 11.6 Å². The van der Waals surface area contributed by atoms with Gasteiger partial charge in [-0.05, 0) is 0 Å². The van der Waals surface area contributed by atoms with E-state index in [0.29, 0.717) is 23.8 Å². The highest BCUT2D eigenvalue weighted by Crippen LogP contribution is 2.20. The summed E-state index contributed by atoms with van der Waals surface area (Å²) in [7, 11) is 0. The van der Waals surface area contributed by atoms with Crippen LogP contribution < -0.4 is 0 Å². The molecule has 0 radical (unpaired) electrons. The van der Waals surface area contributed by atoms with E-state index in [4.69, 9.17) is 11.6 Å². The molecular weight excluding hydrogens is 244 g/mol. The number of aryl methyl sites for hydroxylation is 1. The topological polar surface area (TPSA) is 73.8 Å². The molecule has 0 aliphatic carbocycles. The van der Waals surface area contributed by atoms with Gasteiger partial charge in [-0.1, -0.05) is 12.1 Å². The van der Waals surface area contributed by atoms with Crippen LogP contribution >= 0.6 is 11.6 Å². The monoisotopic (exact) mass is 252 g/mol. The van der Waals surface area contributed by atoms with E-state index in [1.807, 2.05) is 0 Å². The molecule has 1 aromatic heterocycles. The van der Waals surface area contributed by atoms with Gasteiger partial charge in [-0.2, -0.15) is 5.10 Å². The van der Waals surface area contributed by atoms with Gasteiger partial charge in [0.2, 0.25) is 0 Å². The molecule has 0 aliphatic rings. The van der Waals surface area contributed by atoms with Crippen LogP contribution in [0.3, 0.4) is 0 Å². The van der Waals surface area contributed by atoms with Crippen LogP contribution in [0.4, 0.5) is 5.69 Å². The lowest BCUT2D eigenvalue weighted by molar-refractivity contribution is -0.384. The number of hydrogen-bond acceptors (Lipinski definition) is 4. The van der Waals surface area contributed by atoms with Crippen LogP contribution in [0.15, 0.2) is 30.6 Å². The smallest absolute Gasteiger partial charge is 0.258 e. The molecule has 0 spiro atoms. The van der Waals surface area contributed by atoms with E-state index in [9.17, 15) is 10.1 Å². The highest BCUT2D eigenvalue weighted by Gasteiger charge is 2.09. The van der Waals surface area contributed by atoms with Gasteiger partial charge < -0.3 is 0 Å². The average Bonchev–Trinajstić information content (AvgIpc) is 2.78. The van der Waals surface area contributed by atoms with Gasteiger partial charge in [0.1, 0.15) is 6.33 Å². The molecule has 0 atom stereocenters. The first kappa shape index (κ1) is 11.5. The van der Waals surface area contributed by atoms with Crippen molar-refractivity contribution < 1.29 is 4.92 Å². The summed E-state index contributed by atoms with van der Waals surface area (Å²) in [5.41, 5.74) is 0.642. The summed E-state index contributed by atoms with van der Waals surface area (Å²) in [5.74, 6) is 0.899. The van der Waals surface area contributed by atoms with Gasteiger partial charge in [0.05, 0.1) is 11.5 Å². The Kier molecular flexibility index (Phi) is 3.34. The van der Waals surface area contributed by atoms with Crippen molar-refractivity contribution in [2.24, 2.45) is 0 Å². The minimum Gasteiger partial charge on any atom is -0.258 e. The molecule has 6 nitrogen and oxygen atoms in total. The molecule has 17 heavy (non-hydrogen) atoms. The number of nitro groups is 1. The molecular formula is C10H9ClN4O2. The molecule has 2 rings (SSSR count). The van der Waals surface area contributed by atoms with Crippen molar-refractivity contribution in [1.82, 2.24) is 14.8 Å². The summed E-state index contributed by atoms with van der Waals surface area (Å²) >= 11 is 5.58. The summed E-state index contributed by atoms with van der Waals surface area (Å²) in [5, 5.41) is 14.8. The number of hydrogen-bond donors (Lipinski definition) is 0. The summed E-state index contributed by atoms with van der Waals surface area (Å²) in [6.07, 6.45) is 1.55. The molecule has 0 saturated heterocycles. The Labute approximate surface area is 102 Å². The lowest BCUT2D eigenvalue weighted by atomic mass is 10.2. The van der Waals surface area contributed by atoms with Crippen molar-refractivity contribution in [3.63, 3.8) is 0 Å². The second-order valence-electron chi connectivity index (χ2n) is 3.33. The number of alkyl halides is 1. The van der Waals surface area contributed by atoms with Crippen LogP contribution in [0, 0.1) is 10.1 Å². The average molecular weight is 253 g/mol. The van der Waals surface area contributed by atoms with Gasteiger partial charge >= 0.3 is 0 Å². The van der Waals surface area contributed by atoms with Gasteiger partial charge in [-0.3, -0.25) is 14.8 Å². The Hall–Kier alpha value is -1.95. The second kappa shape index (κ2) is 4.92. The number of nitro benzene ring substituents is 1. The Morgan fingerprint density at radius 1 is 1.47 bits per heavy atom. The van der Waals surface area contributed by atoms with Crippen LogP contribution in [0.5, 0.6) is 0 Å². The van der Waals surface area contributed by atoms with Crippen LogP contribution in [0.1, 0.15) is 0 Å². The molecule has 88 valence electrons. The molecule has 1 heterocycles. The second-order valence-corrected chi connectivity index (χ2v) is 3.71. The van der Waals surface area contributed by atoms with Gasteiger partial charge in [0, 0.05) is 23.6 Å². The standard InChI is InChI=1S/C10H9ClN4O2/c11-4-5-14-7-12-10(13-14)8-2-1-3-9(6-8)15(16)17/h1-3,6-7H,4-5H2. The fourth-order valence-electron chi connectivity index (χ4n) is 1.38. The zero-order chi connectivity index (χ0) is 12.3. The van der Waals surface area contributed by atoms with E-state index >= 15 is 0 Å². The third-order valence-corrected chi connectivity index (χ3v) is 2.33. The van der Waals surface area contributed by atoms with Crippen LogP contribution in [0.2, 0.25) is 0 Å². The first-order valence-corrected chi connectivity index (χ1v) is 5.44. The van der Waals surface area contributed by atoms with Crippen molar-refractivity contribution >= 4 is 17.3 Å². The summed E-state index contributed by atoms with van der Waals surface area (Å²) in [4.78, 5) is 14.3. The predicted octanol–water partition coefficient (Wildman–Crippen LogP) is 2.09. The van der Waals surface area contributed by atoms with Crippen LogP contribution in [-0.4, -0.2) is 25.6 Å². The molecule has 0 bridgehead atoms. The predicted molar refractivity (Wildman–Crippen MR) is 62.8 cm³/mol. The maximum atomic E-state index is 10.6. The molecule has 7 heteroatoms. The third-order valence-electron chi connectivity index (χ3n) is 2.17. The molecule has 2 aromatic rings. The quantitative estimate of drug-likeness (QED) is 0.474. The maximum Gasteiger partial charge on any atom is 0.270 e. The minimum absolute atomic E-state index is 0.0243.